The Bertz CT molecular complexity index is 249. The van der Waals surface area contributed by atoms with Crippen LogP contribution >= 0.6 is 0 Å². The largest absolute Gasteiger partial charge is 0.341 e. The predicted octanol–water partition coefficient (Wildman–Crippen LogP) is 0.866. The average Bonchev–Trinajstić information content (AvgIpc) is 2.67. The monoisotopic (exact) mass is 212 g/mol. The topological polar surface area (TPSA) is 40.6 Å². The van der Waals surface area contributed by atoms with Gasteiger partial charge in [0.25, 0.3) is 0 Å². The predicted molar refractivity (Wildman–Crippen MR) is 58.3 cm³/mol. The smallest absolute Gasteiger partial charge is 0.245 e. The Hall–Kier alpha value is -1.06. The first-order valence-electron chi connectivity index (χ1n) is 5.67. The van der Waals surface area contributed by atoms with Crippen LogP contribution in [-0.4, -0.2) is 47.3 Å². The van der Waals surface area contributed by atoms with E-state index in [1.807, 2.05) is 13.8 Å². The van der Waals surface area contributed by atoms with Crippen LogP contribution in [0.3, 0.4) is 0 Å². The van der Waals surface area contributed by atoms with Gasteiger partial charge in [-0.15, -0.1) is 0 Å². The molecule has 1 fully saturated rings. The molecule has 1 saturated heterocycles. The Morgan fingerprint density at radius 2 is 1.93 bits per heavy atom. The molecule has 0 aromatic rings. The van der Waals surface area contributed by atoms with Crippen molar-refractivity contribution in [2.75, 3.05) is 19.6 Å². The number of rotatable bonds is 3. The normalized spacial score (nSPS) is 20.5. The van der Waals surface area contributed by atoms with Crippen molar-refractivity contribution in [3.05, 3.63) is 0 Å². The first kappa shape index (κ1) is 12.0. The SMILES string of the molecule is CCN(CC)C(=O)[C@@H]1CCCN1C(C)=O. The number of hydrogen-bond donors (Lipinski definition) is 0. The summed E-state index contributed by atoms with van der Waals surface area (Å²) in [5.41, 5.74) is 0. The van der Waals surface area contributed by atoms with Gasteiger partial charge in [0.15, 0.2) is 0 Å². The van der Waals surface area contributed by atoms with Gasteiger partial charge in [-0.2, -0.15) is 0 Å². The Morgan fingerprint density at radius 1 is 1.33 bits per heavy atom. The molecule has 0 aliphatic carbocycles. The van der Waals surface area contributed by atoms with Crippen LogP contribution in [0.4, 0.5) is 0 Å². The lowest BCUT2D eigenvalue weighted by atomic mass is 10.2. The fourth-order valence-corrected chi connectivity index (χ4v) is 2.15. The third-order valence-electron chi connectivity index (χ3n) is 3.02. The fourth-order valence-electron chi connectivity index (χ4n) is 2.15. The maximum absolute atomic E-state index is 12.1. The zero-order valence-electron chi connectivity index (χ0n) is 9.82. The zero-order chi connectivity index (χ0) is 11.4. The Balaban J connectivity index is 2.69. The second-order valence-corrected chi connectivity index (χ2v) is 3.88. The van der Waals surface area contributed by atoms with Gasteiger partial charge in [-0.1, -0.05) is 0 Å². The molecule has 1 aliphatic rings. The Labute approximate surface area is 91.2 Å². The Kier molecular flexibility index (Phi) is 4.12. The van der Waals surface area contributed by atoms with Gasteiger partial charge in [-0.05, 0) is 26.7 Å². The number of likely N-dealkylation sites (N-methyl/N-ethyl adjacent to an activating group) is 1. The summed E-state index contributed by atoms with van der Waals surface area (Å²) in [5.74, 6) is 0.116. The number of carbonyl (C=O) groups excluding carboxylic acids is 2. The maximum Gasteiger partial charge on any atom is 0.245 e. The van der Waals surface area contributed by atoms with E-state index < -0.39 is 0 Å². The molecule has 4 heteroatoms. The molecule has 4 nitrogen and oxygen atoms in total. The summed E-state index contributed by atoms with van der Waals surface area (Å²) in [7, 11) is 0. The van der Waals surface area contributed by atoms with Crippen molar-refractivity contribution in [2.45, 2.75) is 39.7 Å². The van der Waals surface area contributed by atoms with Crippen LogP contribution in [0.2, 0.25) is 0 Å². The van der Waals surface area contributed by atoms with Crippen molar-refractivity contribution in [2.24, 2.45) is 0 Å². The molecule has 0 unspecified atom stereocenters. The summed E-state index contributed by atoms with van der Waals surface area (Å²) in [4.78, 5) is 26.9. The van der Waals surface area contributed by atoms with E-state index >= 15 is 0 Å². The molecule has 1 atom stereocenters. The van der Waals surface area contributed by atoms with E-state index in [9.17, 15) is 9.59 Å². The summed E-state index contributed by atoms with van der Waals surface area (Å²) in [6.45, 7) is 7.64. The van der Waals surface area contributed by atoms with Crippen LogP contribution < -0.4 is 0 Å². The van der Waals surface area contributed by atoms with E-state index in [1.54, 1.807) is 9.80 Å². The van der Waals surface area contributed by atoms with E-state index in [2.05, 4.69) is 0 Å². The molecule has 0 saturated carbocycles. The van der Waals surface area contributed by atoms with Crippen LogP contribution in [-0.2, 0) is 9.59 Å². The molecule has 86 valence electrons. The highest BCUT2D eigenvalue weighted by molar-refractivity contribution is 5.87. The summed E-state index contributed by atoms with van der Waals surface area (Å²) in [6.07, 6.45) is 1.76. The minimum Gasteiger partial charge on any atom is -0.341 e. The number of amides is 2. The van der Waals surface area contributed by atoms with Gasteiger partial charge in [-0.25, -0.2) is 0 Å². The van der Waals surface area contributed by atoms with Gasteiger partial charge < -0.3 is 9.80 Å². The highest BCUT2D eigenvalue weighted by Crippen LogP contribution is 2.19. The summed E-state index contributed by atoms with van der Waals surface area (Å²) in [6, 6.07) is -0.206. The van der Waals surface area contributed by atoms with Gasteiger partial charge in [0.1, 0.15) is 6.04 Å². The van der Waals surface area contributed by atoms with Gasteiger partial charge in [0, 0.05) is 26.6 Å². The van der Waals surface area contributed by atoms with Crippen molar-refractivity contribution in [1.82, 2.24) is 9.80 Å². The second-order valence-electron chi connectivity index (χ2n) is 3.88. The summed E-state index contributed by atoms with van der Waals surface area (Å²) in [5, 5.41) is 0. The van der Waals surface area contributed by atoms with Crippen molar-refractivity contribution < 1.29 is 9.59 Å². The van der Waals surface area contributed by atoms with E-state index in [-0.39, 0.29) is 17.9 Å². The van der Waals surface area contributed by atoms with Gasteiger partial charge in [0.2, 0.25) is 11.8 Å². The van der Waals surface area contributed by atoms with E-state index in [0.29, 0.717) is 0 Å². The van der Waals surface area contributed by atoms with Crippen LogP contribution in [0.5, 0.6) is 0 Å². The Morgan fingerprint density at radius 3 is 2.40 bits per heavy atom. The molecule has 0 spiro atoms. The lowest BCUT2D eigenvalue weighted by Gasteiger charge is -2.28. The first-order chi connectivity index (χ1) is 7.11. The van der Waals surface area contributed by atoms with Crippen LogP contribution in [0.15, 0.2) is 0 Å². The molecule has 1 rings (SSSR count). The second kappa shape index (κ2) is 5.14. The van der Waals surface area contributed by atoms with Crippen molar-refractivity contribution >= 4 is 11.8 Å². The molecule has 2 amide bonds. The molecule has 0 radical (unpaired) electrons. The number of carbonyl (C=O) groups is 2. The van der Waals surface area contributed by atoms with Crippen LogP contribution in [0, 0.1) is 0 Å². The third kappa shape index (κ3) is 2.49. The average molecular weight is 212 g/mol. The van der Waals surface area contributed by atoms with Crippen molar-refractivity contribution in [1.29, 1.82) is 0 Å². The maximum atomic E-state index is 12.1. The summed E-state index contributed by atoms with van der Waals surface area (Å²) >= 11 is 0. The van der Waals surface area contributed by atoms with Crippen LogP contribution in [0.1, 0.15) is 33.6 Å². The van der Waals surface area contributed by atoms with Crippen LogP contribution in [0.25, 0.3) is 0 Å². The van der Waals surface area contributed by atoms with E-state index in [1.165, 1.54) is 6.92 Å². The minimum absolute atomic E-state index is 0.0120. The highest BCUT2D eigenvalue weighted by Gasteiger charge is 2.34. The highest BCUT2D eigenvalue weighted by atomic mass is 16.2. The van der Waals surface area contributed by atoms with Crippen molar-refractivity contribution in [3.63, 3.8) is 0 Å². The minimum atomic E-state index is -0.206. The zero-order valence-corrected chi connectivity index (χ0v) is 9.82. The standard InChI is InChI=1S/C11H20N2O2/c1-4-12(5-2)11(15)10-7-6-8-13(10)9(3)14/h10H,4-8H2,1-3H3/t10-/m0/s1. The first-order valence-corrected chi connectivity index (χ1v) is 5.67. The molecule has 1 aliphatic heterocycles. The third-order valence-corrected chi connectivity index (χ3v) is 3.02. The van der Waals surface area contributed by atoms with Crippen molar-refractivity contribution in [3.8, 4) is 0 Å². The molecule has 15 heavy (non-hydrogen) atoms. The van der Waals surface area contributed by atoms with E-state index in [4.69, 9.17) is 0 Å². The molecular weight excluding hydrogens is 192 g/mol. The molecule has 0 aromatic heterocycles. The molecule has 0 aromatic carbocycles. The van der Waals surface area contributed by atoms with E-state index in [0.717, 1.165) is 32.5 Å². The number of hydrogen-bond acceptors (Lipinski definition) is 2. The number of likely N-dealkylation sites (tertiary alicyclic amines) is 1. The lowest BCUT2D eigenvalue weighted by Crippen LogP contribution is -2.47. The fraction of sp³-hybridized carbons (Fsp3) is 0.818. The molecule has 0 bridgehead atoms. The number of nitrogens with zero attached hydrogens (tertiary/aromatic N) is 2. The molecule has 0 N–H and O–H groups in total. The van der Waals surface area contributed by atoms with Gasteiger partial charge >= 0.3 is 0 Å². The van der Waals surface area contributed by atoms with Gasteiger partial charge in [-0.3, -0.25) is 9.59 Å². The quantitative estimate of drug-likeness (QED) is 0.696. The molecule has 1 heterocycles. The summed E-state index contributed by atoms with van der Waals surface area (Å²) < 4.78 is 0. The molecular formula is C11H20N2O2. The lowest BCUT2D eigenvalue weighted by molar-refractivity contribution is -0.142. The van der Waals surface area contributed by atoms with Gasteiger partial charge in [0.05, 0.1) is 0 Å².